The van der Waals surface area contributed by atoms with Gasteiger partial charge < -0.3 is 10.5 Å². The zero-order chi connectivity index (χ0) is 14.7. The molecule has 1 atom stereocenters. The molecule has 2 aromatic rings. The largest absolute Gasteiger partial charge is 0.487 e. The minimum Gasteiger partial charge on any atom is -0.487 e. The Hall–Kier alpha value is -1.33. The molecule has 1 heterocycles. The van der Waals surface area contributed by atoms with Crippen LogP contribution in [0.5, 0.6) is 5.75 Å². The fourth-order valence-electron chi connectivity index (χ4n) is 1.90. The molecule has 0 fully saturated rings. The van der Waals surface area contributed by atoms with E-state index in [2.05, 4.69) is 34.9 Å². The van der Waals surface area contributed by atoms with Crippen molar-refractivity contribution in [3.8, 4) is 5.75 Å². The third kappa shape index (κ3) is 3.61. The lowest BCUT2D eigenvalue weighted by molar-refractivity contribution is 0.294. The number of hydrogen-bond acceptors (Lipinski definition) is 3. The number of benzene rings is 1. The fourth-order valence-corrected chi connectivity index (χ4v) is 2.24. The Morgan fingerprint density at radius 2 is 2.05 bits per heavy atom. The predicted molar refractivity (Wildman–Crippen MR) is 83.7 cm³/mol. The van der Waals surface area contributed by atoms with Gasteiger partial charge in [-0.1, -0.05) is 22.0 Å². The Balaban J connectivity index is 2.11. The van der Waals surface area contributed by atoms with E-state index in [-0.39, 0.29) is 6.04 Å². The van der Waals surface area contributed by atoms with Crippen LogP contribution in [0.4, 0.5) is 0 Å². The first-order valence-corrected chi connectivity index (χ1v) is 7.48. The van der Waals surface area contributed by atoms with Crippen LogP contribution in [0.15, 0.2) is 34.9 Å². The summed E-state index contributed by atoms with van der Waals surface area (Å²) in [5.41, 5.74) is 7.87. The molecule has 0 aliphatic rings. The fraction of sp³-hybridized carbons (Fsp3) is 0.400. The Morgan fingerprint density at radius 3 is 2.65 bits per heavy atom. The Labute approximate surface area is 128 Å². The Morgan fingerprint density at radius 1 is 1.30 bits per heavy atom. The maximum Gasteiger partial charge on any atom is 0.132 e. The molecule has 1 aromatic heterocycles. The molecule has 0 amide bonds. The van der Waals surface area contributed by atoms with Gasteiger partial charge in [-0.05, 0) is 39.0 Å². The summed E-state index contributed by atoms with van der Waals surface area (Å²) in [5, 5.41) is 4.47. The molecular formula is C15H20BrN3O. The number of rotatable bonds is 5. The minimum absolute atomic E-state index is 0.0636. The lowest BCUT2D eigenvalue weighted by Gasteiger charge is -2.14. The molecule has 0 aliphatic carbocycles. The van der Waals surface area contributed by atoms with Crippen molar-refractivity contribution in [2.45, 2.75) is 39.5 Å². The molecule has 0 saturated heterocycles. The van der Waals surface area contributed by atoms with Crippen LogP contribution in [0.1, 0.15) is 44.1 Å². The van der Waals surface area contributed by atoms with Crippen LogP contribution in [-0.2, 0) is 6.61 Å². The summed E-state index contributed by atoms with van der Waals surface area (Å²) >= 11 is 3.45. The highest BCUT2D eigenvalue weighted by Crippen LogP contribution is 2.28. The van der Waals surface area contributed by atoms with E-state index < -0.39 is 0 Å². The van der Waals surface area contributed by atoms with E-state index in [1.54, 1.807) is 0 Å². The highest BCUT2D eigenvalue weighted by molar-refractivity contribution is 9.10. The summed E-state index contributed by atoms with van der Waals surface area (Å²) in [4.78, 5) is 0. The van der Waals surface area contributed by atoms with Crippen molar-refractivity contribution in [3.05, 3.63) is 46.2 Å². The first-order valence-electron chi connectivity index (χ1n) is 6.69. The lowest BCUT2D eigenvalue weighted by atomic mass is 10.1. The molecule has 0 spiro atoms. The third-order valence-electron chi connectivity index (χ3n) is 3.03. The summed E-state index contributed by atoms with van der Waals surface area (Å²) in [5.74, 6) is 0.800. The van der Waals surface area contributed by atoms with E-state index in [0.717, 1.165) is 21.5 Å². The molecule has 0 saturated carbocycles. The van der Waals surface area contributed by atoms with Crippen molar-refractivity contribution >= 4 is 15.9 Å². The number of hydrogen-bond donors (Lipinski definition) is 1. The van der Waals surface area contributed by atoms with Gasteiger partial charge in [0.1, 0.15) is 12.4 Å². The first kappa shape index (κ1) is 15.1. The van der Waals surface area contributed by atoms with Gasteiger partial charge in [-0.15, -0.1) is 0 Å². The molecule has 2 rings (SSSR count). The molecule has 108 valence electrons. The van der Waals surface area contributed by atoms with E-state index in [1.165, 1.54) is 0 Å². The van der Waals surface area contributed by atoms with Crippen molar-refractivity contribution in [1.82, 2.24) is 9.78 Å². The predicted octanol–water partition coefficient (Wildman–Crippen LogP) is 3.83. The van der Waals surface area contributed by atoms with Gasteiger partial charge >= 0.3 is 0 Å². The summed E-state index contributed by atoms with van der Waals surface area (Å²) in [6.45, 7) is 6.58. The molecular weight excluding hydrogens is 318 g/mol. The highest BCUT2D eigenvalue weighted by atomic mass is 79.9. The van der Waals surface area contributed by atoms with Crippen LogP contribution in [0.25, 0.3) is 0 Å². The molecule has 4 nitrogen and oxygen atoms in total. The quantitative estimate of drug-likeness (QED) is 0.902. The summed E-state index contributed by atoms with van der Waals surface area (Å²) in [6, 6.07) is 8.16. The second kappa shape index (κ2) is 6.41. The van der Waals surface area contributed by atoms with E-state index in [9.17, 15) is 0 Å². The van der Waals surface area contributed by atoms with E-state index in [4.69, 9.17) is 10.5 Å². The van der Waals surface area contributed by atoms with Crippen LogP contribution in [0, 0.1) is 0 Å². The number of halogens is 1. The van der Waals surface area contributed by atoms with Crippen LogP contribution in [-0.4, -0.2) is 9.78 Å². The van der Waals surface area contributed by atoms with Gasteiger partial charge in [0.15, 0.2) is 0 Å². The van der Waals surface area contributed by atoms with Gasteiger partial charge in [-0.3, -0.25) is 4.68 Å². The van der Waals surface area contributed by atoms with E-state index >= 15 is 0 Å². The summed E-state index contributed by atoms with van der Waals surface area (Å²) in [7, 11) is 0. The maximum atomic E-state index is 5.96. The zero-order valence-electron chi connectivity index (χ0n) is 12.0. The zero-order valence-corrected chi connectivity index (χ0v) is 13.6. The van der Waals surface area contributed by atoms with Gasteiger partial charge in [0, 0.05) is 28.3 Å². The number of nitrogens with two attached hydrogens (primary N) is 1. The van der Waals surface area contributed by atoms with Gasteiger partial charge in [0.2, 0.25) is 0 Å². The van der Waals surface area contributed by atoms with Crippen molar-refractivity contribution in [2.75, 3.05) is 0 Å². The van der Waals surface area contributed by atoms with Gasteiger partial charge in [-0.2, -0.15) is 5.10 Å². The van der Waals surface area contributed by atoms with Gasteiger partial charge in [0.05, 0.1) is 5.69 Å². The number of aromatic nitrogens is 2. The molecule has 0 unspecified atom stereocenters. The van der Waals surface area contributed by atoms with Crippen LogP contribution in [0.3, 0.4) is 0 Å². The SMILES string of the molecule is CC(C)n1ccc(COc2cc(Br)ccc2[C@H](C)N)n1. The second-order valence-corrected chi connectivity index (χ2v) is 6.06. The van der Waals surface area contributed by atoms with Crippen LogP contribution in [0.2, 0.25) is 0 Å². The lowest BCUT2D eigenvalue weighted by Crippen LogP contribution is -2.08. The van der Waals surface area contributed by atoms with Crippen LogP contribution < -0.4 is 10.5 Å². The second-order valence-electron chi connectivity index (χ2n) is 5.14. The van der Waals surface area contributed by atoms with Gasteiger partial charge in [-0.25, -0.2) is 0 Å². The Bertz CT molecular complexity index is 578. The van der Waals surface area contributed by atoms with Crippen molar-refractivity contribution in [2.24, 2.45) is 5.73 Å². The highest BCUT2D eigenvalue weighted by Gasteiger charge is 2.10. The molecule has 2 N–H and O–H groups in total. The van der Waals surface area contributed by atoms with E-state index in [0.29, 0.717) is 12.6 Å². The van der Waals surface area contributed by atoms with Crippen molar-refractivity contribution in [3.63, 3.8) is 0 Å². The number of nitrogens with zero attached hydrogens (tertiary/aromatic N) is 2. The average Bonchev–Trinajstić information content (AvgIpc) is 2.85. The molecule has 0 aliphatic heterocycles. The Kier molecular flexibility index (Phi) is 4.83. The van der Waals surface area contributed by atoms with Gasteiger partial charge in [0.25, 0.3) is 0 Å². The molecule has 5 heteroatoms. The van der Waals surface area contributed by atoms with E-state index in [1.807, 2.05) is 42.1 Å². The topological polar surface area (TPSA) is 53.1 Å². The standard InChI is InChI=1S/C15H20BrN3O/c1-10(2)19-7-6-13(18-19)9-20-15-8-12(16)4-5-14(15)11(3)17/h4-8,10-11H,9,17H2,1-3H3/t11-/m0/s1. The normalized spacial score (nSPS) is 12.7. The average molecular weight is 338 g/mol. The minimum atomic E-state index is -0.0636. The summed E-state index contributed by atoms with van der Waals surface area (Å²) < 4.78 is 8.77. The third-order valence-corrected chi connectivity index (χ3v) is 3.53. The van der Waals surface area contributed by atoms with Crippen molar-refractivity contribution in [1.29, 1.82) is 0 Å². The van der Waals surface area contributed by atoms with Crippen LogP contribution >= 0.6 is 15.9 Å². The molecule has 20 heavy (non-hydrogen) atoms. The van der Waals surface area contributed by atoms with Crippen molar-refractivity contribution < 1.29 is 4.74 Å². The molecule has 0 radical (unpaired) electrons. The smallest absolute Gasteiger partial charge is 0.132 e. The molecule has 0 bridgehead atoms. The number of ether oxygens (including phenoxy) is 1. The monoisotopic (exact) mass is 337 g/mol. The maximum absolute atomic E-state index is 5.96. The first-order chi connectivity index (χ1) is 9.47. The summed E-state index contributed by atoms with van der Waals surface area (Å²) in [6.07, 6.45) is 1.97. The molecule has 1 aromatic carbocycles.